The van der Waals surface area contributed by atoms with Gasteiger partial charge in [0, 0.05) is 6.54 Å². The van der Waals surface area contributed by atoms with E-state index in [0.29, 0.717) is 18.4 Å². The predicted octanol–water partition coefficient (Wildman–Crippen LogP) is 2.05. The van der Waals surface area contributed by atoms with Crippen LogP contribution in [0.2, 0.25) is 0 Å². The van der Waals surface area contributed by atoms with Crippen LogP contribution >= 0.6 is 0 Å². The molecule has 1 saturated carbocycles. The van der Waals surface area contributed by atoms with Gasteiger partial charge in [0.1, 0.15) is 11.8 Å². The van der Waals surface area contributed by atoms with E-state index in [0.717, 1.165) is 18.7 Å². The second-order valence-electron chi connectivity index (χ2n) is 5.33. The first kappa shape index (κ1) is 11.8. The van der Waals surface area contributed by atoms with Crippen molar-refractivity contribution in [2.45, 2.75) is 31.8 Å². The number of carbonyl (C=O) groups is 1. The van der Waals surface area contributed by atoms with Crippen LogP contribution in [0.3, 0.4) is 0 Å². The molecule has 1 aromatic heterocycles. The lowest BCUT2D eigenvalue weighted by atomic mass is 9.94. The first-order valence-corrected chi connectivity index (χ1v) is 6.64. The van der Waals surface area contributed by atoms with Crippen LogP contribution in [-0.2, 0) is 16.1 Å². The molecule has 0 amide bonds. The van der Waals surface area contributed by atoms with Gasteiger partial charge >= 0.3 is 5.97 Å². The smallest absolute Gasteiger partial charge is 0.323 e. The van der Waals surface area contributed by atoms with Crippen LogP contribution in [0.4, 0.5) is 0 Å². The van der Waals surface area contributed by atoms with E-state index in [-0.39, 0.29) is 12.0 Å². The van der Waals surface area contributed by atoms with Crippen molar-refractivity contribution in [1.82, 2.24) is 4.90 Å². The Morgan fingerprint density at radius 2 is 2.44 bits per heavy atom. The SMILES string of the molecule is COC(=O)C1C2CCCC2CN1Cc1ccco1. The van der Waals surface area contributed by atoms with Gasteiger partial charge < -0.3 is 9.15 Å². The third-order valence-corrected chi connectivity index (χ3v) is 4.37. The van der Waals surface area contributed by atoms with Crippen molar-refractivity contribution in [3.63, 3.8) is 0 Å². The Morgan fingerprint density at radius 1 is 1.56 bits per heavy atom. The number of rotatable bonds is 3. The third kappa shape index (κ3) is 1.94. The monoisotopic (exact) mass is 249 g/mol. The Bertz CT molecular complexity index is 415. The lowest BCUT2D eigenvalue weighted by molar-refractivity contribution is -0.147. The van der Waals surface area contributed by atoms with Crippen molar-refractivity contribution < 1.29 is 13.9 Å². The molecule has 1 aliphatic carbocycles. The van der Waals surface area contributed by atoms with Crippen LogP contribution in [0.1, 0.15) is 25.0 Å². The fraction of sp³-hybridized carbons (Fsp3) is 0.643. The minimum atomic E-state index is -0.0871. The minimum absolute atomic E-state index is 0.0763. The normalized spacial score (nSPS) is 31.5. The van der Waals surface area contributed by atoms with Gasteiger partial charge in [0.2, 0.25) is 0 Å². The van der Waals surface area contributed by atoms with Gasteiger partial charge in [0.05, 0.1) is 19.9 Å². The van der Waals surface area contributed by atoms with E-state index in [4.69, 9.17) is 9.15 Å². The second-order valence-corrected chi connectivity index (χ2v) is 5.33. The molecule has 0 spiro atoms. The molecule has 2 aliphatic rings. The molecule has 0 N–H and O–H groups in total. The highest BCUT2D eigenvalue weighted by Crippen LogP contribution is 2.43. The van der Waals surface area contributed by atoms with E-state index in [1.165, 1.54) is 20.0 Å². The van der Waals surface area contributed by atoms with E-state index >= 15 is 0 Å². The molecule has 3 rings (SSSR count). The summed E-state index contributed by atoms with van der Waals surface area (Å²) in [5, 5.41) is 0. The summed E-state index contributed by atoms with van der Waals surface area (Å²) >= 11 is 0. The zero-order chi connectivity index (χ0) is 12.5. The molecule has 1 aromatic rings. The van der Waals surface area contributed by atoms with Gasteiger partial charge in [-0.15, -0.1) is 0 Å². The summed E-state index contributed by atoms with van der Waals surface area (Å²) in [5.74, 6) is 1.97. The van der Waals surface area contributed by atoms with Crippen LogP contribution in [0, 0.1) is 11.8 Å². The Hall–Kier alpha value is -1.29. The van der Waals surface area contributed by atoms with Gasteiger partial charge in [0.25, 0.3) is 0 Å². The number of furan rings is 1. The summed E-state index contributed by atoms with van der Waals surface area (Å²) in [6.07, 6.45) is 5.32. The maximum absolute atomic E-state index is 12.0. The van der Waals surface area contributed by atoms with Crippen LogP contribution < -0.4 is 0 Å². The van der Waals surface area contributed by atoms with E-state index in [1.807, 2.05) is 12.1 Å². The van der Waals surface area contributed by atoms with E-state index < -0.39 is 0 Å². The number of ether oxygens (including phenoxy) is 1. The summed E-state index contributed by atoms with van der Waals surface area (Å²) < 4.78 is 10.4. The van der Waals surface area contributed by atoms with Crippen molar-refractivity contribution in [2.24, 2.45) is 11.8 Å². The van der Waals surface area contributed by atoms with Crippen LogP contribution in [-0.4, -0.2) is 30.6 Å². The Morgan fingerprint density at radius 3 is 3.17 bits per heavy atom. The summed E-state index contributed by atoms with van der Waals surface area (Å²) in [6, 6.07) is 3.77. The molecule has 0 bridgehead atoms. The fourth-order valence-electron chi connectivity index (χ4n) is 3.60. The highest BCUT2D eigenvalue weighted by molar-refractivity contribution is 5.76. The van der Waals surface area contributed by atoms with Crippen molar-refractivity contribution in [2.75, 3.05) is 13.7 Å². The largest absolute Gasteiger partial charge is 0.468 e. The number of esters is 1. The van der Waals surface area contributed by atoms with Gasteiger partial charge in [0.15, 0.2) is 0 Å². The van der Waals surface area contributed by atoms with Crippen molar-refractivity contribution in [3.8, 4) is 0 Å². The molecule has 3 unspecified atom stereocenters. The van der Waals surface area contributed by atoms with Gasteiger partial charge in [-0.05, 0) is 36.8 Å². The molecule has 2 heterocycles. The van der Waals surface area contributed by atoms with Crippen molar-refractivity contribution >= 4 is 5.97 Å². The summed E-state index contributed by atoms with van der Waals surface area (Å²) in [4.78, 5) is 14.2. The first-order valence-electron chi connectivity index (χ1n) is 6.64. The Kier molecular flexibility index (Phi) is 3.12. The van der Waals surface area contributed by atoms with E-state index in [9.17, 15) is 4.79 Å². The lowest BCUT2D eigenvalue weighted by Gasteiger charge is -2.24. The van der Waals surface area contributed by atoms with Gasteiger partial charge in [-0.1, -0.05) is 6.42 Å². The molecular weight excluding hydrogens is 230 g/mol. The second kappa shape index (κ2) is 4.76. The van der Waals surface area contributed by atoms with Gasteiger partial charge in [-0.3, -0.25) is 9.69 Å². The average molecular weight is 249 g/mol. The molecule has 3 atom stereocenters. The summed E-state index contributed by atoms with van der Waals surface area (Å²) in [5.41, 5.74) is 0. The number of hydrogen-bond donors (Lipinski definition) is 0. The average Bonchev–Trinajstić information content (AvgIpc) is 3.04. The van der Waals surface area contributed by atoms with Gasteiger partial charge in [-0.2, -0.15) is 0 Å². The number of methoxy groups -OCH3 is 1. The highest BCUT2D eigenvalue weighted by Gasteiger charge is 2.48. The number of nitrogens with zero attached hydrogens (tertiary/aromatic N) is 1. The number of carbonyl (C=O) groups excluding carboxylic acids is 1. The molecule has 1 aliphatic heterocycles. The molecule has 4 heteroatoms. The molecular formula is C14H19NO3. The van der Waals surface area contributed by atoms with E-state index in [1.54, 1.807) is 6.26 Å². The number of fused-ring (bicyclic) bond motifs is 1. The first-order chi connectivity index (χ1) is 8.79. The number of hydrogen-bond acceptors (Lipinski definition) is 4. The predicted molar refractivity (Wildman–Crippen MR) is 65.8 cm³/mol. The zero-order valence-corrected chi connectivity index (χ0v) is 10.7. The van der Waals surface area contributed by atoms with Crippen molar-refractivity contribution in [1.29, 1.82) is 0 Å². The van der Waals surface area contributed by atoms with Crippen LogP contribution in [0.15, 0.2) is 22.8 Å². The zero-order valence-electron chi connectivity index (χ0n) is 10.7. The minimum Gasteiger partial charge on any atom is -0.468 e. The number of likely N-dealkylation sites (tertiary alicyclic amines) is 1. The maximum Gasteiger partial charge on any atom is 0.323 e. The van der Waals surface area contributed by atoms with Crippen LogP contribution in [0.25, 0.3) is 0 Å². The molecule has 98 valence electrons. The topological polar surface area (TPSA) is 42.7 Å². The molecule has 4 nitrogen and oxygen atoms in total. The molecule has 0 aromatic carbocycles. The highest BCUT2D eigenvalue weighted by atomic mass is 16.5. The molecule has 1 saturated heterocycles. The Balaban J connectivity index is 1.77. The summed E-state index contributed by atoms with van der Waals surface area (Å²) in [7, 11) is 1.48. The lowest BCUT2D eigenvalue weighted by Crippen LogP contribution is -2.39. The maximum atomic E-state index is 12.0. The standard InChI is InChI=1S/C14H19NO3/c1-17-14(16)13-12-6-2-4-10(12)8-15(13)9-11-5-3-7-18-11/h3,5,7,10,12-13H,2,4,6,8-9H2,1H3. The third-order valence-electron chi connectivity index (χ3n) is 4.37. The van der Waals surface area contributed by atoms with Gasteiger partial charge in [-0.25, -0.2) is 0 Å². The van der Waals surface area contributed by atoms with E-state index in [2.05, 4.69) is 4.90 Å². The van der Waals surface area contributed by atoms with Crippen molar-refractivity contribution in [3.05, 3.63) is 24.2 Å². The molecule has 0 radical (unpaired) electrons. The summed E-state index contributed by atoms with van der Waals surface area (Å²) in [6.45, 7) is 1.70. The quantitative estimate of drug-likeness (QED) is 0.769. The fourth-order valence-corrected chi connectivity index (χ4v) is 3.60. The van der Waals surface area contributed by atoms with Crippen LogP contribution in [0.5, 0.6) is 0 Å². The Labute approximate surface area is 107 Å². The molecule has 2 fully saturated rings. The molecule has 18 heavy (non-hydrogen) atoms.